The maximum absolute atomic E-state index is 14.5. The first-order valence-corrected chi connectivity index (χ1v) is 16.4. The SMILES string of the molecule is NCCCC[C@@H]1NC(=O)CN(Cc2ccc(Cl)cc2)C(=O)CN(Cc2ccc(Cl)cc2)C(=O)[C@H](Cc2c[nH]c3ccccc23)NC1=O. The first-order chi connectivity index (χ1) is 22.7. The van der Waals surface area contributed by atoms with Crippen LogP contribution in [0.15, 0.2) is 79.0 Å². The molecule has 1 aliphatic rings. The molecule has 5 N–H and O–H groups in total. The number of unbranched alkanes of at least 4 members (excludes halogenated alkanes) is 1. The second-order valence-corrected chi connectivity index (χ2v) is 12.6. The van der Waals surface area contributed by atoms with Gasteiger partial charge in [0.1, 0.15) is 18.6 Å². The molecule has 0 saturated carbocycles. The molecular weight excluding hydrogens is 639 g/mol. The Morgan fingerprint density at radius 2 is 1.38 bits per heavy atom. The van der Waals surface area contributed by atoms with Crippen molar-refractivity contribution in [3.05, 3.63) is 106 Å². The van der Waals surface area contributed by atoms with Gasteiger partial charge in [-0.3, -0.25) is 19.2 Å². The molecule has 2 heterocycles. The van der Waals surface area contributed by atoms with Gasteiger partial charge in [0.05, 0.1) is 6.54 Å². The van der Waals surface area contributed by atoms with Crippen molar-refractivity contribution in [2.75, 3.05) is 19.6 Å². The number of carbonyl (C=O) groups excluding carboxylic acids is 4. The highest BCUT2D eigenvalue weighted by Crippen LogP contribution is 2.21. The second kappa shape index (κ2) is 15.9. The van der Waals surface area contributed by atoms with Crippen LogP contribution in [0.25, 0.3) is 10.9 Å². The van der Waals surface area contributed by atoms with Crippen molar-refractivity contribution in [1.29, 1.82) is 0 Å². The van der Waals surface area contributed by atoms with Crippen LogP contribution in [0.2, 0.25) is 10.0 Å². The molecule has 0 spiro atoms. The van der Waals surface area contributed by atoms with E-state index in [-0.39, 0.29) is 32.6 Å². The van der Waals surface area contributed by atoms with Crippen LogP contribution in [0.1, 0.15) is 36.0 Å². The van der Waals surface area contributed by atoms with Crippen LogP contribution in [0, 0.1) is 0 Å². The molecule has 4 amide bonds. The van der Waals surface area contributed by atoms with Gasteiger partial charge >= 0.3 is 0 Å². The number of halogens is 2. The summed E-state index contributed by atoms with van der Waals surface area (Å²) in [6, 6.07) is 19.7. The Bertz CT molecular complexity index is 1710. The van der Waals surface area contributed by atoms with Crippen molar-refractivity contribution in [3.63, 3.8) is 0 Å². The molecule has 2 atom stereocenters. The van der Waals surface area contributed by atoms with Crippen molar-refractivity contribution in [1.82, 2.24) is 25.4 Å². The van der Waals surface area contributed by atoms with Gasteiger partial charge in [-0.25, -0.2) is 0 Å². The summed E-state index contributed by atoms with van der Waals surface area (Å²) in [5.74, 6) is -1.80. The first kappa shape index (κ1) is 34.0. The quantitative estimate of drug-likeness (QED) is 0.187. The average Bonchev–Trinajstić information content (AvgIpc) is 3.47. The lowest BCUT2D eigenvalue weighted by Crippen LogP contribution is -2.58. The number of nitrogens with two attached hydrogens (primary N) is 1. The predicted molar refractivity (Wildman–Crippen MR) is 183 cm³/mol. The van der Waals surface area contributed by atoms with E-state index in [9.17, 15) is 19.2 Å². The first-order valence-electron chi connectivity index (χ1n) is 15.6. The van der Waals surface area contributed by atoms with E-state index in [0.29, 0.717) is 35.9 Å². The largest absolute Gasteiger partial charge is 0.361 e. The zero-order valence-electron chi connectivity index (χ0n) is 25.9. The molecule has 0 bridgehead atoms. The Kier molecular flexibility index (Phi) is 11.5. The number of nitrogens with zero attached hydrogens (tertiary/aromatic N) is 2. The summed E-state index contributed by atoms with van der Waals surface area (Å²) in [6.07, 6.45) is 3.56. The number of benzene rings is 3. The number of fused-ring (bicyclic) bond motifs is 1. The summed E-state index contributed by atoms with van der Waals surface area (Å²) in [7, 11) is 0. The number of carbonyl (C=O) groups is 4. The zero-order valence-corrected chi connectivity index (χ0v) is 27.4. The molecule has 47 heavy (non-hydrogen) atoms. The number of amides is 4. The lowest BCUT2D eigenvalue weighted by Gasteiger charge is -2.32. The second-order valence-electron chi connectivity index (χ2n) is 11.7. The summed E-state index contributed by atoms with van der Waals surface area (Å²) in [6.45, 7) is 0.0114. The van der Waals surface area contributed by atoms with E-state index in [1.54, 1.807) is 48.5 Å². The van der Waals surface area contributed by atoms with Crippen molar-refractivity contribution >= 4 is 57.7 Å². The fourth-order valence-electron chi connectivity index (χ4n) is 5.72. The molecule has 5 rings (SSSR count). The van der Waals surface area contributed by atoms with Crippen molar-refractivity contribution in [2.24, 2.45) is 5.73 Å². The fourth-order valence-corrected chi connectivity index (χ4v) is 5.97. The predicted octanol–water partition coefficient (Wildman–Crippen LogP) is 4.19. The third-order valence-electron chi connectivity index (χ3n) is 8.21. The van der Waals surface area contributed by atoms with Gasteiger partial charge in [0.15, 0.2) is 0 Å². The van der Waals surface area contributed by atoms with Gasteiger partial charge in [-0.05, 0) is 72.8 Å². The minimum atomic E-state index is -1.03. The summed E-state index contributed by atoms with van der Waals surface area (Å²) < 4.78 is 0. The maximum Gasteiger partial charge on any atom is 0.246 e. The van der Waals surface area contributed by atoms with Crippen molar-refractivity contribution in [3.8, 4) is 0 Å². The van der Waals surface area contributed by atoms with E-state index in [1.807, 2.05) is 30.5 Å². The molecule has 3 aromatic carbocycles. The van der Waals surface area contributed by atoms with Crippen molar-refractivity contribution < 1.29 is 19.2 Å². The third-order valence-corrected chi connectivity index (χ3v) is 8.71. The van der Waals surface area contributed by atoms with E-state index in [2.05, 4.69) is 15.6 Å². The minimum Gasteiger partial charge on any atom is -0.361 e. The van der Waals surface area contributed by atoms with Crippen LogP contribution in [0.3, 0.4) is 0 Å². The summed E-state index contributed by atoms with van der Waals surface area (Å²) >= 11 is 12.2. The molecule has 10 nitrogen and oxygen atoms in total. The van der Waals surface area contributed by atoms with Gasteiger partial charge in [-0.15, -0.1) is 0 Å². The van der Waals surface area contributed by atoms with E-state index in [1.165, 1.54) is 9.80 Å². The molecule has 12 heteroatoms. The highest BCUT2D eigenvalue weighted by atomic mass is 35.5. The number of aromatic amines is 1. The van der Waals surface area contributed by atoms with E-state index >= 15 is 0 Å². The molecule has 246 valence electrons. The number of hydrogen-bond acceptors (Lipinski definition) is 5. The summed E-state index contributed by atoms with van der Waals surface area (Å²) in [4.78, 5) is 61.8. The van der Waals surface area contributed by atoms with Gasteiger partial charge in [0, 0.05) is 46.7 Å². The Morgan fingerprint density at radius 1 is 0.745 bits per heavy atom. The monoisotopic (exact) mass is 676 g/mol. The number of rotatable bonds is 10. The number of H-pyrrole nitrogens is 1. The molecule has 4 aromatic rings. The molecular formula is C35H38Cl2N6O4. The topological polar surface area (TPSA) is 141 Å². The summed E-state index contributed by atoms with van der Waals surface area (Å²) in [5.41, 5.74) is 8.94. The smallest absolute Gasteiger partial charge is 0.246 e. The number of nitrogens with one attached hydrogen (secondary N) is 3. The van der Waals surface area contributed by atoms with Crippen LogP contribution in [-0.2, 0) is 38.7 Å². The van der Waals surface area contributed by atoms with Crippen LogP contribution >= 0.6 is 23.2 Å². The lowest BCUT2D eigenvalue weighted by molar-refractivity contribution is -0.146. The molecule has 1 aromatic heterocycles. The van der Waals surface area contributed by atoms with Gasteiger partial charge in [0.25, 0.3) is 0 Å². The Morgan fingerprint density at radius 3 is 2.04 bits per heavy atom. The average molecular weight is 678 g/mol. The number of para-hydroxylation sites is 1. The molecule has 0 radical (unpaired) electrons. The summed E-state index contributed by atoms with van der Waals surface area (Å²) in [5, 5.41) is 7.75. The standard InChI is InChI=1S/C35H38Cl2N6O4/c36-26-12-8-23(9-13-26)19-42-21-32(44)40-30(7-3-4-16-38)34(46)41-31(17-25-18-39-29-6-2-1-5-28(25)29)35(47)43(22-33(42)45)20-24-10-14-27(37)15-11-24/h1-2,5-6,8-15,18,30-31,39H,3-4,7,16-17,19-22,38H2,(H,40,44)(H,41,46)/t30-,31-/m0/s1. The van der Waals surface area contributed by atoms with E-state index < -0.39 is 35.7 Å². The number of hydrogen-bond donors (Lipinski definition) is 4. The molecule has 1 saturated heterocycles. The molecule has 1 aliphatic heterocycles. The van der Waals surface area contributed by atoms with Crippen molar-refractivity contribution in [2.45, 2.75) is 50.9 Å². The van der Waals surface area contributed by atoms with Gasteiger partial charge in [0.2, 0.25) is 23.6 Å². The third kappa shape index (κ3) is 9.12. The molecule has 0 aliphatic carbocycles. The normalized spacial score (nSPS) is 18.1. The number of aromatic nitrogens is 1. The Labute approximate surface area is 283 Å². The van der Waals surface area contributed by atoms with E-state index in [4.69, 9.17) is 28.9 Å². The van der Waals surface area contributed by atoms with Crippen LogP contribution in [0.5, 0.6) is 0 Å². The Hall–Kier alpha value is -4.38. The fraction of sp³-hybridized carbons (Fsp3) is 0.314. The van der Waals surface area contributed by atoms with Gasteiger partial charge in [-0.1, -0.05) is 65.7 Å². The maximum atomic E-state index is 14.5. The minimum absolute atomic E-state index is 0.0862. The van der Waals surface area contributed by atoms with Crippen LogP contribution in [-0.4, -0.2) is 70.1 Å². The zero-order chi connectivity index (χ0) is 33.3. The molecule has 1 fully saturated rings. The van der Waals surface area contributed by atoms with E-state index in [0.717, 1.165) is 27.6 Å². The highest BCUT2D eigenvalue weighted by Gasteiger charge is 2.34. The Balaban J connectivity index is 1.53. The van der Waals surface area contributed by atoms with Crippen LogP contribution in [0.4, 0.5) is 0 Å². The highest BCUT2D eigenvalue weighted by molar-refractivity contribution is 6.30. The van der Waals surface area contributed by atoms with Gasteiger partial charge in [-0.2, -0.15) is 0 Å². The van der Waals surface area contributed by atoms with Gasteiger partial charge < -0.3 is 31.2 Å². The van der Waals surface area contributed by atoms with Crippen LogP contribution < -0.4 is 16.4 Å². The lowest BCUT2D eigenvalue weighted by atomic mass is 10.0. The molecule has 0 unspecified atom stereocenters.